The summed E-state index contributed by atoms with van der Waals surface area (Å²) >= 11 is 0. The maximum Gasteiger partial charge on any atom is 0.272 e. The number of hydrogen-bond acceptors (Lipinski definition) is 4. The van der Waals surface area contributed by atoms with Gasteiger partial charge in [-0.15, -0.1) is 0 Å². The average Bonchev–Trinajstić information content (AvgIpc) is 2.39. The van der Waals surface area contributed by atoms with Gasteiger partial charge in [0.1, 0.15) is 0 Å². The third kappa shape index (κ3) is 3.79. The molecule has 1 heterocycles. The van der Waals surface area contributed by atoms with Gasteiger partial charge in [-0.05, 0) is 31.9 Å². The molecule has 1 aliphatic rings. The lowest BCUT2D eigenvalue weighted by molar-refractivity contribution is -0.385. The van der Waals surface area contributed by atoms with E-state index in [2.05, 4.69) is 11.4 Å². The lowest BCUT2D eigenvalue weighted by atomic mass is 10.1. The molecule has 5 heteroatoms. The molecule has 1 aliphatic heterocycles. The van der Waals surface area contributed by atoms with Gasteiger partial charge < -0.3 is 10.1 Å². The van der Waals surface area contributed by atoms with Crippen molar-refractivity contribution in [3.63, 3.8) is 0 Å². The largest absolute Gasteiger partial charge is 0.385 e. The summed E-state index contributed by atoms with van der Waals surface area (Å²) in [7, 11) is 0. The van der Waals surface area contributed by atoms with Crippen LogP contribution in [0.1, 0.15) is 18.4 Å². The summed E-state index contributed by atoms with van der Waals surface area (Å²) in [5.41, 5.74) is 3.19. The van der Waals surface area contributed by atoms with Crippen LogP contribution in [0, 0.1) is 17.0 Å². The molecular weight excluding hydrogens is 244 g/mol. The van der Waals surface area contributed by atoms with Gasteiger partial charge in [0.05, 0.1) is 18.1 Å². The van der Waals surface area contributed by atoms with Crippen LogP contribution in [-0.2, 0) is 4.74 Å². The number of nitro groups is 1. The highest BCUT2D eigenvalue weighted by Gasteiger charge is 2.10. The van der Waals surface area contributed by atoms with Gasteiger partial charge >= 0.3 is 0 Å². The van der Waals surface area contributed by atoms with Crippen molar-refractivity contribution < 1.29 is 9.66 Å². The first-order chi connectivity index (χ1) is 9.16. The highest BCUT2D eigenvalue weighted by Crippen LogP contribution is 2.21. The maximum atomic E-state index is 10.7. The topological polar surface area (TPSA) is 64.4 Å². The summed E-state index contributed by atoms with van der Waals surface area (Å²) in [6, 6.07) is 5.12. The normalized spacial score (nSPS) is 14.9. The summed E-state index contributed by atoms with van der Waals surface area (Å²) < 4.78 is 5.25. The Labute approximate surface area is 112 Å². The van der Waals surface area contributed by atoms with E-state index in [0.717, 1.165) is 31.7 Å². The van der Waals surface area contributed by atoms with E-state index in [4.69, 9.17) is 4.74 Å². The van der Waals surface area contributed by atoms with Crippen LogP contribution in [-0.4, -0.2) is 24.7 Å². The SMILES string of the molecule is Cc1cc(NCCC2=CCOCC2)ccc1[N+](=O)[O-]. The van der Waals surface area contributed by atoms with Gasteiger partial charge in [-0.1, -0.05) is 11.6 Å². The molecule has 0 saturated heterocycles. The monoisotopic (exact) mass is 262 g/mol. The Bertz CT molecular complexity index is 497. The molecule has 0 aliphatic carbocycles. The number of nitrogens with zero attached hydrogens (tertiary/aromatic N) is 1. The van der Waals surface area contributed by atoms with E-state index in [0.29, 0.717) is 12.2 Å². The number of ether oxygens (including phenoxy) is 1. The van der Waals surface area contributed by atoms with Crippen molar-refractivity contribution in [3.05, 3.63) is 45.5 Å². The van der Waals surface area contributed by atoms with Gasteiger partial charge in [0, 0.05) is 23.9 Å². The van der Waals surface area contributed by atoms with Gasteiger partial charge in [-0.3, -0.25) is 10.1 Å². The highest BCUT2D eigenvalue weighted by molar-refractivity contribution is 5.53. The molecule has 0 bridgehead atoms. The van der Waals surface area contributed by atoms with E-state index in [1.54, 1.807) is 19.1 Å². The number of nitrogens with one attached hydrogen (secondary N) is 1. The van der Waals surface area contributed by atoms with Crippen LogP contribution in [0.4, 0.5) is 11.4 Å². The molecule has 102 valence electrons. The summed E-state index contributed by atoms with van der Waals surface area (Å²) in [5, 5.41) is 14.0. The fraction of sp³-hybridized carbons (Fsp3) is 0.429. The number of rotatable bonds is 5. The molecule has 0 amide bonds. The van der Waals surface area contributed by atoms with Crippen LogP contribution in [0.5, 0.6) is 0 Å². The Morgan fingerprint density at radius 3 is 2.95 bits per heavy atom. The first-order valence-electron chi connectivity index (χ1n) is 6.41. The quantitative estimate of drug-likeness (QED) is 0.503. The van der Waals surface area contributed by atoms with Gasteiger partial charge in [0.15, 0.2) is 0 Å². The first-order valence-corrected chi connectivity index (χ1v) is 6.41. The minimum Gasteiger partial charge on any atom is -0.385 e. The van der Waals surface area contributed by atoms with Crippen molar-refractivity contribution in [2.24, 2.45) is 0 Å². The van der Waals surface area contributed by atoms with E-state index in [1.807, 2.05) is 6.07 Å². The summed E-state index contributed by atoms with van der Waals surface area (Å²) in [6.07, 6.45) is 4.12. The zero-order chi connectivity index (χ0) is 13.7. The predicted octanol–water partition coefficient (Wildman–Crippen LogP) is 3.05. The number of aryl methyl sites for hydroxylation is 1. The standard InChI is InChI=1S/C14H18N2O3/c1-11-10-13(2-3-14(11)16(17)18)15-7-4-12-5-8-19-9-6-12/h2-3,5,10,15H,4,6-9H2,1H3. The third-order valence-corrected chi connectivity index (χ3v) is 3.23. The Morgan fingerprint density at radius 1 is 1.47 bits per heavy atom. The molecule has 0 unspecified atom stereocenters. The van der Waals surface area contributed by atoms with Crippen molar-refractivity contribution in [1.29, 1.82) is 0 Å². The van der Waals surface area contributed by atoms with Crippen molar-refractivity contribution in [2.75, 3.05) is 25.1 Å². The maximum absolute atomic E-state index is 10.7. The smallest absolute Gasteiger partial charge is 0.272 e. The zero-order valence-corrected chi connectivity index (χ0v) is 11.0. The van der Waals surface area contributed by atoms with Crippen LogP contribution in [0.2, 0.25) is 0 Å². The number of benzene rings is 1. The lowest BCUT2D eigenvalue weighted by Crippen LogP contribution is -2.09. The second-order valence-corrected chi connectivity index (χ2v) is 4.62. The van der Waals surface area contributed by atoms with E-state index >= 15 is 0 Å². The number of hydrogen-bond donors (Lipinski definition) is 1. The zero-order valence-electron chi connectivity index (χ0n) is 11.0. The fourth-order valence-corrected chi connectivity index (χ4v) is 2.13. The van der Waals surface area contributed by atoms with Crippen LogP contribution in [0.25, 0.3) is 0 Å². The van der Waals surface area contributed by atoms with E-state index in [-0.39, 0.29) is 10.6 Å². The molecule has 2 rings (SSSR count). The number of nitro benzene ring substituents is 1. The van der Waals surface area contributed by atoms with Gasteiger partial charge in [0.2, 0.25) is 0 Å². The second-order valence-electron chi connectivity index (χ2n) is 4.62. The lowest BCUT2D eigenvalue weighted by Gasteiger charge is -2.14. The predicted molar refractivity (Wildman–Crippen MR) is 74.5 cm³/mol. The van der Waals surface area contributed by atoms with Gasteiger partial charge in [-0.2, -0.15) is 0 Å². The average molecular weight is 262 g/mol. The summed E-state index contributed by atoms with van der Waals surface area (Å²) in [4.78, 5) is 10.4. The highest BCUT2D eigenvalue weighted by atomic mass is 16.6. The Balaban J connectivity index is 1.87. The van der Waals surface area contributed by atoms with Crippen molar-refractivity contribution in [3.8, 4) is 0 Å². The molecule has 0 aromatic heterocycles. The summed E-state index contributed by atoms with van der Waals surface area (Å²) in [5.74, 6) is 0. The van der Waals surface area contributed by atoms with E-state index < -0.39 is 0 Å². The van der Waals surface area contributed by atoms with E-state index in [9.17, 15) is 10.1 Å². The molecule has 1 aromatic rings. The van der Waals surface area contributed by atoms with Gasteiger partial charge in [0.25, 0.3) is 5.69 Å². The van der Waals surface area contributed by atoms with Crippen LogP contribution in [0.15, 0.2) is 29.8 Å². The molecule has 5 nitrogen and oxygen atoms in total. The molecule has 0 radical (unpaired) electrons. The molecule has 19 heavy (non-hydrogen) atoms. The Morgan fingerprint density at radius 2 is 2.32 bits per heavy atom. The Hall–Kier alpha value is -1.88. The molecule has 1 N–H and O–H groups in total. The molecule has 0 saturated carbocycles. The minimum absolute atomic E-state index is 0.165. The van der Waals surface area contributed by atoms with Crippen molar-refractivity contribution >= 4 is 11.4 Å². The van der Waals surface area contributed by atoms with Gasteiger partial charge in [-0.25, -0.2) is 0 Å². The molecule has 1 aromatic carbocycles. The molecule has 0 spiro atoms. The molecular formula is C14H18N2O3. The molecule has 0 atom stereocenters. The van der Waals surface area contributed by atoms with Crippen LogP contribution < -0.4 is 5.32 Å². The molecule has 0 fully saturated rings. The number of anilines is 1. The fourth-order valence-electron chi connectivity index (χ4n) is 2.13. The first kappa shape index (κ1) is 13.5. The second kappa shape index (κ2) is 6.33. The van der Waals surface area contributed by atoms with Crippen LogP contribution in [0.3, 0.4) is 0 Å². The Kier molecular flexibility index (Phi) is 4.52. The van der Waals surface area contributed by atoms with Crippen LogP contribution >= 0.6 is 0 Å². The van der Waals surface area contributed by atoms with E-state index in [1.165, 1.54) is 5.57 Å². The van der Waals surface area contributed by atoms with Crippen molar-refractivity contribution in [1.82, 2.24) is 0 Å². The third-order valence-electron chi connectivity index (χ3n) is 3.23. The minimum atomic E-state index is -0.355. The van der Waals surface area contributed by atoms with Crippen molar-refractivity contribution in [2.45, 2.75) is 19.8 Å². The summed E-state index contributed by atoms with van der Waals surface area (Å²) in [6.45, 7) is 4.11.